The molecule has 3 fully saturated rings. The summed E-state index contributed by atoms with van der Waals surface area (Å²) in [4.78, 5) is 67.0. The van der Waals surface area contributed by atoms with Gasteiger partial charge in [0.25, 0.3) is 5.91 Å². The van der Waals surface area contributed by atoms with Crippen molar-refractivity contribution in [2.24, 2.45) is 23.2 Å². The number of Topliss-reactive ketones (excluding diaryl/α,β-unsaturated/α-hetero) is 1. The summed E-state index contributed by atoms with van der Waals surface area (Å²) in [7, 11) is 1.57. The molecule has 5 amide bonds. The summed E-state index contributed by atoms with van der Waals surface area (Å²) in [6, 6.07) is -2.88. The van der Waals surface area contributed by atoms with E-state index in [2.05, 4.69) is 34.7 Å². The van der Waals surface area contributed by atoms with E-state index in [9.17, 15) is 24.0 Å². The van der Waals surface area contributed by atoms with E-state index >= 15 is 0 Å². The molecule has 3 aliphatic rings. The Bertz CT molecular complexity index is 916. The smallest absolute Gasteiger partial charge is 0.318 e. The Balaban J connectivity index is 1.83. The van der Waals surface area contributed by atoms with Gasteiger partial charge >= 0.3 is 6.03 Å². The van der Waals surface area contributed by atoms with Crippen molar-refractivity contribution < 1.29 is 24.0 Å². The van der Waals surface area contributed by atoms with Crippen LogP contribution in [0.1, 0.15) is 73.1 Å². The van der Waals surface area contributed by atoms with Crippen LogP contribution in [0, 0.1) is 23.2 Å². The minimum absolute atomic E-state index is 0.0849. The lowest BCUT2D eigenvalue weighted by atomic mass is 9.80. The third kappa shape index (κ3) is 8.11. The van der Waals surface area contributed by atoms with Crippen LogP contribution < -0.4 is 20.8 Å². The van der Waals surface area contributed by atoms with E-state index in [1.807, 2.05) is 30.2 Å². The molecule has 2 aliphatic heterocycles. The summed E-state index contributed by atoms with van der Waals surface area (Å²) in [5, 5.41) is 11.0. The third-order valence-electron chi connectivity index (χ3n) is 7.73. The predicted molar refractivity (Wildman–Crippen MR) is 151 cm³/mol. The number of nitrogens with zero attached hydrogens (tertiary/aromatic N) is 1. The van der Waals surface area contributed by atoms with Crippen molar-refractivity contribution in [1.82, 2.24) is 25.7 Å². The monoisotopic (exact) mass is 569 g/mol. The van der Waals surface area contributed by atoms with Gasteiger partial charge in [0, 0.05) is 6.54 Å². The zero-order valence-corrected chi connectivity index (χ0v) is 25.4. The number of ketones is 1. The van der Waals surface area contributed by atoms with E-state index < -0.39 is 49.2 Å². The first-order chi connectivity index (χ1) is 17.8. The summed E-state index contributed by atoms with van der Waals surface area (Å²) in [5.74, 6) is -1.64. The molecule has 5 atom stereocenters. The highest BCUT2D eigenvalue weighted by atomic mass is 31.1. The van der Waals surface area contributed by atoms with Gasteiger partial charge in [0.15, 0.2) is 0 Å². The zero-order valence-electron chi connectivity index (χ0n) is 23.3. The van der Waals surface area contributed by atoms with Crippen molar-refractivity contribution in [2.75, 3.05) is 18.9 Å². The van der Waals surface area contributed by atoms with Gasteiger partial charge in [0.2, 0.25) is 17.6 Å². The Labute approximate surface area is 230 Å². The number of nitrogens with one attached hydrogen (secondary N) is 4. The largest absolute Gasteiger partial charge is 0.344 e. The Morgan fingerprint density at radius 1 is 1.00 bits per heavy atom. The molecule has 12 heteroatoms. The average molecular weight is 570 g/mol. The maximum absolute atomic E-state index is 14.0. The molecule has 0 aromatic carbocycles. The van der Waals surface area contributed by atoms with Crippen LogP contribution in [0.2, 0.25) is 0 Å². The number of carbonyl (C=O) groups is 5. The molecule has 1 saturated carbocycles. The number of hydrogen-bond donors (Lipinski definition) is 4. The van der Waals surface area contributed by atoms with Gasteiger partial charge in [-0.2, -0.15) is 0 Å². The van der Waals surface area contributed by atoms with Gasteiger partial charge in [0.1, 0.15) is 12.1 Å². The number of hydrogen-bond acceptors (Lipinski definition) is 5. The Morgan fingerprint density at radius 2 is 1.66 bits per heavy atom. The number of carbonyl (C=O) groups excluding carboxylic acids is 5. The molecule has 0 aromatic rings. The van der Waals surface area contributed by atoms with Gasteiger partial charge in [-0.15, -0.1) is 0 Å². The van der Waals surface area contributed by atoms with Gasteiger partial charge in [-0.25, -0.2) is 4.79 Å². The SMILES string of the molecule is CC(C)C[C@H]1CCN(C(=O)[C@@H](NC(=O)NP2CC2)C(C)(C)C)[C@@H]1C(=O)NC(CC1CCC1)C(=O)C(=O)NP. The minimum Gasteiger partial charge on any atom is -0.344 e. The lowest BCUT2D eigenvalue weighted by Gasteiger charge is -2.37. The van der Waals surface area contributed by atoms with Crippen LogP contribution in [0.3, 0.4) is 0 Å². The molecule has 0 bridgehead atoms. The molecule has 0 aromatic heterocycles. The highest BCUT2D eigenvalue weighted by Gasteiger charge is 2.47. The maximum Gasteiger partial charge on any atom is 0.318 e. The maximum atomic E-state index is 14.0. The van der Waals surface area contributed by atoms with Crippen molar-refractivity contribution in [2.45, 2.75) is 91.3 Å². The second kappa shape index (κ2) is 13.0. The second-order valence-corrected chi connectivity index (χ2v) is 14.9. The van der Waals surface area contributed by atoms with Crippen LogP contribution in [0.4, 0.5) is 4.79 Å². The Morgan fingerprint density at radius 3 is 2.16 bits per heavy atom. The summed E-state index contributed by atoms with van der Waals surface area (Å²) in [6.45, 7) is 10.2. The highest BCUT2D eigenvalue weighted by Crippen LogP contribution is 2.45. The van der Waals surface area contributed by atoms with Gasteiger partial charge in [0.05, 0.1) is 6.04 Å². The molecular formula is C26H45N5O5P2. The Kier molecular flexibility index (Phi) is 10.6. The van der Waals surface area contributed by atoms with Crippen molar-refractivity contribution in [1.29, 1.82) is 0 Å². The van der Waals surface area contributed by atoms with E-state index in [0.717, 1.165) is 38.0 Å². The van der Waals surface area contributed by atoms with Gasteiger partial charge in [-0.3, -0.25) is 19.2 Å². The number of likely N-dealkylation sites (tertiary alicyclic amines) is 1. The summed E-state index contributed by atoms with van der Waals surface area (Å²) >= 11 is 0. The molecule has 0 spiro atoms. The molecule has 10 nitrogen and oxygen atoms in total. The van der Waals surface area contributed by atoms with Crippen LogP contribution in [0.5, 0.6) is 0 Å². The molecule has 0 radical (unpaired) electrons. The van der Waals surface area contributed by atoms with Crippen LogP contribution >= 0.6 is 17.5 Å². The zero-order chi connectivity index (χ0) is 28.2. The minimum atomic E-state index is -0.936. The molecule has 4 N–H and O–H groups in total. The van der Waals surface area contributed by atoms with Crippen LogP contribution in [0.15, 0.2) is 0 Å². The fourth-order valence-corrected chi connectivity index (χ4v) is 6.49. The van der Waals surface area contributed by atoms with Crippen molar-refractivity contribution in [3.63, 3.8) is 0 Å². The molecule has 214 valence electrons. The third-order valence-corrected chi connectivity index (χ3v) is 9.40. The van der Waals surface area contributed by atoms with E-state index in [1.54, 1.807) is 4.90 Å². The molecule has 1 aliphatic carbocycles. The van der Waals surface area contributed by atoms with Crippen molar-refractivity contribution in [3.8, 4) is 0 Å². The van der Waals surface area contributed by atoms with Crippen LogP contribution in [0.25, 0.3) is 0 Å². The Hall–Kier alpha value is -1.79. The van der Waals surface area contributed by atoms with Crippen molar-refractivity contribution >= 4 is 47.0 Å². The lowest BCUT2D eigenvalue weighted by Crippen LogP contribution is -2.60. The number of rotatable bonds is 11. The second-order valence-electron chi connectivity index (χ2n) is 12.5. The quantitative estimate of drug-likeness (QED) is 0.224. The molecule has 2 unspecified atom stereocenters. The molecule has 2 heterocycles. The van der Waals surface area contributed by atoms with Gasteiger partial charge in [-0.1, -0.05) is 53.9 Å². The molecule has 38 heavy (non-hydrogen) atoms. The number of amides is 5. The predicted octanol–water partition coefficient (Wildman–Crippen LogP) is 2.52. The summed E-state index contributed by atoms with van der Waals surface area (Å²) in [6.07, 6.45) is 6.82. The summed E-state index contributed by atoms with van der Waals surface area (Å²) in [5.41, 5.74) is -0.581. The van der Waals surface area contributed by atoms with Crippen LogP contribution in [-0.2, 0) is 19.2 Å². The lowest BCUT2D eigenvalue weighted by molar-refractivity contribution is -0.144. The standard InChI is InChI=1S/C26H45N5O5P2/c1-15(2)13-17-9-10-31(24(35)21(26(3,4)5)28-25(36)30-38-11-12-38)19(17)22(33)27-18(14-16-7-6-8-16)20(32)23(34)29-37/h15-19,21H,6-14,37H2,1-5H3,(H,27,33)(H,29,34)(H2,28,30,36)/t17-,18?,19+,21-/m1/s1. The van der Waals surface area contributed by atoms with Gasteiger partial charge in [-0.05, 0) is 72.2 Å². The molecular weight excluding hydrogens is 524 g/mol. The highest BCUT2D eigenvalue weighted by molar-refractivity contribution is 7.63. The average Bonchev–Trinajstić information content (AvgIpc) is 3.52. The van der Waals surface area contributed by atoms with E-state index in [1.165, 1.54) is 0 Å². The normalized spacial score (nSPS) is 23.3. The molecule has 2 saturated heterocycles. The van der Waals surface area contributed by atoms with E-state index in [0.29, 0.717) is 25.3 Å². The first-order valence-corrected chi connectivity index (χ1v) is 16.1. The fourth-order valence-electron chi connectivity index (χ4n) is 5.37. The summed E-state index contributed by atoms with van der Waals surface area (Å²) < 4.78 is 0. The fraction of sp³-hybridized carbons (Fsp3) is 0.808. The van der Waals surface area contributed by atoms with E-state index in [4.69, 9.17) is 0 Å². The topological polar surface area (TPSA) is 137 Å². The van der Waals surface area contributed by atoms with Crippen molar-refractivity contribution in [3.05, 3.63) is 0 Å². The first kappa shape index (κ1) is 30.7. The number of urea groups is 1. The molecule has 3 rings (SSSR count). The van der Waals surface area contributed by atoms with Crippen LogP contribution in [-0.4, -0.2) is 71.4 Å². The van der Waals surface area contributed by atoms with E-state index in [-0.39, 0.29) is 23.8 Å². The van der Waals surface area contributed by atoms with Gasteiger partial charge < -0.3 is 25.7 Å². The first-order valence-electron chi connectivity index (χ1n) is 13.8.